The predicted octanol–water partition coefficient (Wildman–Crippen LogP) is 2.54. The van der Waals surface area contributed by atoms with Crippen molar-refractivity contribution in [3.63, 3.8) is 0 Å². The van der Waals surface area contributed by atoms with Crippen molar-refractivity contribution < 1.29 is 0 Å². The number of nitrogens with one attached hydrogen (secondary N) is 2. The van der Waals surface area contributed by atoms with Crippen LogP contribution >= 0.6 is 0 Å². The molecule has 16 heavy (non-hydrogen) atoms. The molecule has 1 saturated heterocycles. The molecular formula is C14H28N2. The van der Waals surface area contributed by atoms with E-state index in [0.717, 1.165) is 23.9 Å². The molecule has 0 spiro atoms. The first-order chi connectivity index (χ1) is 7.79. The van der Waals surface area contributed by atoms with Crippen molar-refractivity contribution in [3.8, 4) is 0 Å². The highest BCUT2D eigenvalue weighted by Crippen LogP contribution is 2.27. The first-order valence-corrected chi connectivity index (χ1v) is 7.26. The molecule has 0 amide bonds. The zero-order chi connectivity index (χ0) is 11.4. The van der Waals surface area contributed by atoms with E-state index in [2.05, 4.69) is 24.5 Å². The van der Waals surface area contributed by atoms with Gasteiger partial charge in [-0.05, 0) is 44.2 Å². The maximum absolute atomic E-state index is 3.93. The van der Waals surface area contributed by atoms with E-state index in [1.165, 1.54) is 51.6 Å². The van der Waals surface area contributed by atoms with Crippen LogP contribution in [0.4, 0.5) is 0 Å². The first-order valence-electron chi connectivity index (χ1n) is 7.26. The minimum atomic E-state index is 0.766. The quantitative estimate of drug-likeness (QED) is 0.770. The summed E-state index contributed by atoms with van der Waals surface area (Å²) in [7, 11) is 0. The Morgan fingerprint density at radius 3 is 2.88 bits per heavy atom. The Morgan fingerprint density at radius 1 is 1.25 bits per heavy atom. The van der Waals surface area contributed by atoms with Crippen LogP contribution in [0.1, 0.15) is 52.4 Å². The van der Waals surface area contributed by atoms with Gasteiger partial charge in [0.25, 0.3) is 0 Å². The maximum atomic E-state index is 3.93. The van der Waals surface area contributed by atoms with Crippen molar-refractivity contribution in [2.75, 3.05) is 13.1 Å². The molecule has 2 nitrogen and oxygen atoms in total. The summed E-state index contributed by atoms with van der Waals surface area (Å²) in [6.07, 6.45) is 8.43. The van der Waals surface area contributed by atoms with E-state index in [0.29, 0.717) is 0 Å². The molecule has 1 heterocycles. The lowest BCUT2D eigenvalue weighted by molar-refractivity contribution is 0.215. The Hall–Kier alpha value is -0.0800. The minimum Gasteiger partial charge on any atom is -0.316 e. The van der Waals surface area contributed by atoms with Gasteiger partial charge in [0.15, 0.2) is 0 Å². The van der Waals surface area contributed by atoms with Gasteiger partial charge in [0.05, 0.1) is 0 Å². The van der Waals surface area contributed by atoms with Gasteiger partial charge in [-0.15, -0.1) is 0 Å². The molecule has 0 aromatic heterocycles. The Morgan fingerprint density at radius 2 is 2.12 bits per heavy atom. The van der Waals surface area contributed by atoms with E-state index in [9.17, 15) is 0 Å². The molecule has 0 radical (unpaired) electrons. The fourth-order valence-corrected chi connectivity index (χ4v) is 3.38. The molecular weight excluding hydrogens is 196 g/mol. The average Bonchev–Trinajstić information content (AvgIpc) is 2.32. The van der Waals surface area contributed by atoms with Crippen molar-refractivity contribution in [2.45, 2.75) is 64.5 Å². The van der Waals surface area contributed by atoms with Crippen LogP contribution in [0, 0.1) is 11.8 Å². The van der Waals surface area contributed by atoms with E-state index >= 15 is 0 Å². The van der Waals surface area contributed by atoms with Crippen LogP contribution in [0.25, 0.3) is 0 Å². The normalized spacial score (nSPS) is 40.9. The Kier molecular flexibility index (Phi) is 4.66. The summed E-state index contributed by atoms with van der Waals surface area (Å²) in [5.41, 5.74) is 0. The first kappa shape index (κ1) is 12.4. The highest BCUT2D eigenvalue weighted by atomic mass is 15.0. The van der Waals surface area contributed by atoms with Gasteiger partial charge in [-0.1, -0.05) is 33.1 Å². The number of rotatable bonds is 3. The molecule has 4 atom stereocenters. The van der Waals surface area contributed by atoms with Crippen molar-refractivity contribution in [3.05, 3.63) is 0 Å². The van der Waals surface area contributed by atoms with Gasteiger partial charge in [-0.3, -0.25) is 0 Å². The van der Waals surface area contributed by atoms with Crippen molar-refractivity contribution in [2.24, 2.45) is 11.8 Å². The Labute approximate surface area is 101 Å². The molecule has 1 aliphatic carbocycles. The van der Waals surface area contributed by atoms with Gasteiger partial charge in [0.2, 0.25) is 0 Å². The maximum Gasteiger partial charge on any atom is 0.0119 e. The standard InChI is InChI=1S/C14H28N2/c1-3-12-5-4-6-13(9-12)16-14-7-8-15-10-11(14)2/h11-16H,3-10H2,1-2H3. The summed E-state index contributed by atoms with van der Waals surface area (Å²) in [4.78, 5) is 0. The van der Waals surface area contributed by atoms with Gasteiger partial charge in [0, 0.05) is 12.1 Å². The Bertz CT molecular complexity index is 205. The molecule has 2 rings (SSSR count). The summed E-state index contributed by atoms with van der Waals surface area (Å²) >= 11 is 0. The summed E-state index contributed by atoms with van der Waals surface area (Å²) in [6, 6.07) is 1.58. The highest BCUT2D eigenvalue weighted by molar-refractivity contribution is 4.86. The van der Waals surface area contributed by atoms with Crippen LogP contribution in [-0.4, -0.2) is 25.2 Å². The van der Waals surface area contributed by atoms with E-state index in [-0.39, 0.29) is 0 Å². The van der Waals surface area contributed by atoms with E-state index in [1.54, 1.807) is 0 Å². The SMILES string of the molecule is CCC1CCCC(NC2CCNCC2C)C1. The molecule has 0 aromatic carbocycles. The summed E-state index contributed by atoms with van der Waals surface area (Å²) in [5, 5.41) is 7.41. The van der Waals surface area contributed by atoms with Crippen LogP contribution < -0.4 is 10.6 Å². The van der Waals surface area contributed by atoms with E-state index < -0.39 is 0 Å². The Balaban J connectivity index is 1.79. The zero-order valence-corrected chi connectivity index (χ0v) is 11.0. The topological polar surface area (TPSA) is 24.1 Å². The number of hydrogen-bond acceptors (Lipinski definition) is 2. The molecule has 0 bridgehead atoms. The fourth-order valence-electron chi connectivity index (χ4n) is 3.38. The summed E-state index contributed by atoms with van der Waals surface area (Å²) in [5.74, 6) is 1.79. The largest absolute Gasteiger partial charge is 0.316 e. The van der Waals surface area contributed by atoms with Gasteiger partial charge >= 0.3 is 0 Å². The lowest BCUT2D eigenvalue weighted by Crippen LogP contribution is -2.50. The second-order valence-corrected chi connectivity index (χ2v) is 5.88. The highest BCUT2D eigenvalue weighted by Gasteiger charge is 2.26. The van der Waals surface area contributed by atoms with E-state index in [4.69, 9.17) is 0 Å². The minimum absolute atomic E-state index is 0.766. The third-order valence-corrected chi connectivity index (χ3v) is 4.60. The lowest BCUT2D eigenvalue weighted by Gasteiger charge is -2.37. The zero-order valence-electron chi connectivity index (χ0n) is 11.0. The van der Waals surface area contributed by atoms with Crippen molar-refractivity contribution in [1.82, 2.24) is 10.6 Å². The molecule has 2 heteroatoms. The summed E-state index contributed by atoms with van der Waals surface area (Å²) in [6.45, 7) is 7.12. The van der Waals surface area contributed by atoms with Crippen molar-refractivity contribution in [1.29, 1.82) is 0 Å². The van der Waals surface area contributed by atoms with Crippen LogP contribution in [-0.2, 0) is 0 Å². The predicted molar refractivity (Wildman–Crippen MR) is 69.6 cm³/mol. The fraction of sp³-hybridized carbons (Fsp3) is 1.00. The van der Waals surface area contributed by atoms with Crippen LogP contribution in [0.2, 0.25) is 0 Å². The third kappa shape index (κ3) is 3.21. The molecule has 94 valence electrons. The van der Waals surface area contributed by atoms with Crippen LogP contribution in [0.15, 0.2) is 0 Å². The molecule has 2 fully saturated rings. The molecule has 1 aliphatic heterocycles. The molecule has 4 unspecified atom stereocenters. The average molecular weight is 224 g/mol. The molecule has 0 aromatic rings. The number of piperidine rings is 1. The van der Waals surface area contributed by atoms with Crippen LogP contribution in [0.3, 0.4) is 0 Å². The van der Waals surface area contributed by atoms with Gasteiger partial charge in [-0.25, -0.2) is 0 Å². The molecule has 1 saturated carbocycles. The van der Waals surface area contributed by atoms with Gasteiger partial charge in [-0.2, -0.15) is 0 Å². The van der Waals surface area contributed by atoms with Crippen LogP contribution in [0.5, 0.6) is 0 Å². The van der Waals surface area contributed by atoms with Gasteiger partial charge < -0.3 is 10.6 Å². The smallest absolute Gasteiger partial charge is 0.0119 e. The summed E-state index contributed by atoms with van der Waals surface area (Å²) < 4.78 is 0. The molecule has 2 aliphatic rings. The third-order valence-electron chi connectivity index (χ3n) is 4.60. The lowest BCUT2D eigenvalue weighted by atomic mass is 9.83. The molecule has 2 N–H and O–H groups in total. The number of hydrogen-bond donors (Lipinski definition) is 2. The monoisotopic (exact) mass is 224 g/mol. The second-order valence-electron chi connectivity index (χ2n) is 5.88. The second kappa shape index (κ2) is 6.02. The van der Waals surface area contributed by atoms with E-state index in [1.807, 2.05) is 0 Å². The van der Waals surface area contributed by atoms with Gasteiger partial charge in [0.1, 0.15) is 0 Å². The van der Waals surface area contributed by atoms with Crippen molar-refractivity contribution >= 4 is 0 Å².